The normalized spacial score (nSPS) is 19.8. The number of nitrogens with zero attached hydrogens (tertiary/aromatic N) is 2. The highest BCUT2D eigenvalue weighted by atomic mass is 35.5. The molecule has 0 unspecified atom stereocenters. The Morgan fingerprint density at radius 3 is 2.70 bits per heavy atom. The lowest BCUT2D eigenvalue weighted by Gasteiger charge is -2.32. The molecule has 1 heterocycles. The van der Waals surface area contributed by atoms with Gasteiger partial charge in [-0.2, -0.15) is 17.0 Å². The van der Waals surface area contributed by atoms with Gasteiger partial charge in [0.15, 0.2) is 0 Å². The highest BCUT2D eigenvalue weighted by Gasteiger charge is 2.33. The van der Waals surface area contributed by atoms with Crippen LogP contribution in [-0.2, 0) is 15.0 Å². The highest BCUT2D eigenvalue weighted by molar-refractivity contribution is 7.86. The third-order valence-corrected chi connectivity index (χ3v) is 6.13. The van der Waals surface area contributed by atoms with E-state index in [0.717, 1.165) is 5.56 Å². The van der Waals surface area contributed by atoms with Crippen LogP contribution >= 0.6 is 11.6 Å². The van der Waals surface area contributed by atoms with E-state index in [4.69, 9.17) is 11.6 Å². The SMILES string of the molecule is Cc1cc(Cl)ccc1NC(=O)[C@H]1CCCN(S(=O)(=O)N(C)C)C1. The first-order valence-corrected chi connectivity index (χ1v) is 9.24. The molecule has 1 aliphatic heterocycles. The second-order valence-corrected chi connectivity index (χ2v) is 8.51. The first kappa shape index (κ1) is 18.2. The number of carbonyl (C=O) groups excluding carboxylic acids is 1. The zero-order valence-corrected chi connectivity index (χ0v) is 15.1. The van der Waals surface area contributed by atoms with Crippen LogP contribution in [0.2, 0.25) is 5.02 Å². The lowest BCUT2D eigenvalue weighted by atomic mass is 9.98. The minimum atomic E-state index is -3.48. The first-order valence-electron chi connectivity index (χ1n) is 7.46. The van der Waals surface area contributed by atoms with Crippen LogP contribution < -0.4 is 5.32 Å². The van der Waals surface area contributed by atoms with E-state index in [1.54, 1.807) is 18.2 Å². The van der Waals surface area contributed by atoms with E-state index >= 15 is 0 Å². The van der Waals surface area contributed by atoms with E-state index in [1.165, 1.54) is 22.7 Å². The van der Waals surface area contributed by atoms with Crippen molar-refractivity contribution in [3.63, 3.8) is 0 Å². The van der Waals surface area contributed by atoms with Gasteiger partial charge < -0.3 is 5.32 Å². The molecule has 6 nitrogen and oxygen atoms in total. The molecule has 1 atom stereocenters. The standard InChI is InChI=1S/C15H22ClN3O3S/c1-11-9-13(16)6-7-14(11)17-15(20)12-5-4-8-19(10-12)23(21,22)18(2)3/h6-7,9,12H,4-5,8,10H2,1-3H3,(H,17,20)/t12-/m0/s1. The van der Waals surface area contributed by atoms with E-state index < -0.39 is 10.2 Å². The van der Waals surface area contributed by atoms with E-state index in [-0.39, 0.29) is 18.4 Å². The Labute approximate surface area is 142 Å². The summed E-state index contributed by atoms with van der Waals surface area (Å²) in [5, 5.41) is 3.49. The summed E-state index contributed by atoms with van der Waals surface area (Å²) in [5.41, 5.74) is 1.58. The van der Waals surface area contributed by atoms with E-state index in [2.05, 4.69) is 5.32 Å². The van der Waals surface area contributed by atoms with Crippen molar-refractivity contribution in [3.05, 3.63) is 28.8 Å². The number of halogens is 1. The summed E-state index contributed by atoms with van der Waals surface area (Å²) in [4.78, 5) is 12.5. The van der Waals surface area contributed by atoms with Crippen molar-refractivity contribution in [2.75, 3.05) is 32.5 Å². The number of hydrogen-bond acceptors (Lipinski definition) is 3. The summed E-state index contributed by atoms with van der Waals surface area (Å²) >= 11 is 5.91. The van der Waals surface area contributed by atoms with Gasteiger partial charge in [0.2, 0.25) is 5.91 Å². The van der Waals surface area contributed by atoms with Crippen LogP contribution in [0.25, 0.3) is 0 Å². The Morgan fingerprint density at radius 2 is 2.09 bits per heavy atom. The largest absolute Gasteiger partial charge is 0.326 e. The fourth-order valence-electron chi connectivity index (χ4n) is 2.60. The molecule has 0 saturated carbocycles. The van der Waals surface area contributed by atoms with Gasteiger partial charge in [-0.1, -0.05) is 11.6 Å². The van der Waals surface area contributed by atoms with Crippen LogP contribution in [-0.4, -0.2) is 50.1 Å². The molecule has 1 aromatic rings. The number of benzene rings is 1. The average molecular weight is 360 g/mol. The number of piperidine rings is 1. The molecule has 0 bridgehead atoms. The number of rotatable bonds is 4. The van der Waals surface area contributed by atoms with Gasteiger partial charge in [-0.3, -0.25) is 4.79 Å². The molecule has 23 heavy (non-hydrogen) atoms. The number of hydrogen-bond donors (Lipinski definition) is 1. The number of aryl methyl sites for hydroxylation is 1. The molecule has 1 N–H and O–H groups in total. The second kappa shape index (κ2) is 7.17. The molecule has 1 aliphatic rings. The zero-order chi connectivity index (χ0) is 17.2. The van der Waals surface area contributed by atoms with Crippen LogP contribution in [0.3, 0.4) is 0 Å². The summed E-state index contributed by atoms with van der Waals surface area (Å²) in [6.07, 6.45) is 1.35. The lowest BCUT2D eigenvalue weighted by molar-refractivity contribution is -0.120. The van der Waals surface area contributed by atoms with Gasteiger partial charge in [-0.05, 0) is 43.5 Å². The summed E-state index contributed by atoms with van der Waals surface area (Å²) < 4.78 is 27.0. The summed E-state index contributed by atoms with van der Waals surface area (Å²) in [6, 6.07) is 5.25. The molecule has 0 spiro atoms. The maximum atomic E-state index is 12.5. The van der Waals surface area contributed by atoms with Crippen LogP contribution in [0.15, 0.2) is 18.2 Å². The predicted molar refractivity (Wildman–Crippen MR) is 91.7 cm³/mol. The van der Waals surface area contributed by atoms with Crippen LogP contribution in [0.4, 0.5) is 5.69 Å². The molecule has 0 aromatic heterocycles. The molecule has 0 aliphatic carbocycles. The van der Waals surface area contributed by atoms with Gasteiger partial charge in [-0.15, -0.1) is 0 Å². The van der Waals surface area contributed by atoms with Gasteiger partial charge in [0.25, 0.3) is 10.2 Å². The molecule has 8 heteroatoms. The summed E-state index contributed by atoms with van der Waals surface area (Å²) in [5.74, 6) is -0.511. The first-order chi connectivity index (χ1) is 10.7. The van der Waals surface area contributed by atoms with Crippen LogP contribution in [0.1, 0.15) is 18.4 Å². The average Bonchev–Trinajstić information content (AvgIpc) is 2.50. The number of nitrogens with one attached hydrogen (secondary N) is 1. The van der Waals surface area contributed by atoms with Crippen LogP contribution in [0, 0.1) is 12.8 Å². The fourth-order valence-corrected chi connectivity index (χ4v) is 4.02. The van der Waals surface area contributed by atoms with Crippen molar-refractivity contribution in [2.24, 2.45) is 5.92 Å². The maximum absolute atomic E-state index is 12.5. The predicted octanol–water partition coefficient (Wildman–Crippen LogP) is 2.11. The molecule has 0 radical (unpaired) electrons. The van der Waals surface area contributed by atoms with Crippen molar-refractivity contribution in [3.8, 4) is 0 Å². The van der Waals surface area contributed by atoms with Crippen molar-refractivity contribution in [1.29, 1.82) is 0 Å². The Hall–Kier alpha value is -1.15. The Kier molecular flexibility index (Phi) is 5.67. The smallest absolute Gasteiger partial charge is 0.281 e. The summed E-state index contributed by atoms with van der Waals surface area (Å²) in [7, 11) is -0.492. The molecule has 128 valence electrons. The van der Waals surface area contributed by atoms with Gasteiger partial charge >= 0.3 is 0 Å². The Morgan fingerprint density at radius 1 is 1.39 bits per heavy atom. The van der Waals surface area contributed by atoms with Crippen molar-refractivity contribution >= 4 is 33.4 Å². The molecule has 2 rings (SSSR count). The third-order valence-electron chi connectivity index (χ3n) is 3.99. The maximum Gasteiger partial charge on any atom is 0.281 e. The van der Waals surface area contributed by atoms with E-state index in [9.17, 15) is 13.2 Å². The fraction of sp³-hybridized carbons (Fsp3) is 0.533. The lowest BCUT2D eigenvalue weighted by Crippen LogP contribution is -2.47. The minimum absolute atomic E-state index is 0.158. The van der Waals surface area contributed by atoms with Gasteiger partial charge in [-0.25, -0.2) is 0 Å². The van der Waals surface area contributed by atoms with Gasteiger partial charge in [0.05, 0.1) is 5.92 Å². The second-order valence-electron chi connectivity index (χ2n) is 5.94. The zero-order valence-electron chi connectivity index (χ0n) is 13.5. The van der Waals surface area contributed by atoms with Crippen molar-refractivity contribution in [2.45, 2.75) is 19.8 Å². The molecule has 1 amide bonds. The highest BCUT2D eigenvalue weighted by Crippen LogP contribution is 2.24. The van der Waals surface area contributed by atoms with Crippen LogP contribution in [0.5, 0.6) is 0 Å². The quantitative estimate of drug-likeness (QED) is 0.895. The molecule has 1 aromatic carbocycles. The van der Waals surface area contributed by atoms with Gasteiger partial charge in [0.1, 0.15) is 0 Å². The van der Waals surface area contributed by atoms with Crippen molar-refractivity contribution < 1.29 is 13.2 Å². The van der Waals surface area contributed by atoms with E-state index in [1.807, 2.05) is 6.92 Å². The minimum Gasteiger partial charge on any atom is -0.326 e. The summed E-state index contributed by atoms with van der Waals surface area (Å²) in [6.45, 7) is 2.52. The molecular weight excluding hydrogens is 338 g/mol. The monoisotopic (exact) mass is 359 g/mol. The Bertz CT molecular complexity index is 691. The molecule has 1 fully saturated rings. The Balaban J connectivity index is 2.08. The topological polar surface area (TPSA) is 69.7 Å². The van der Waals surface area contributed by atoms with E-state index in [0.29, 0.717) is 30.1 Å². The molecular formula is C15H22ClN3O3S. The number of amides is 1. The molecule has 1 saturated heterocycles. The van der Waals surface area contributed by atoms with Gasteiger partial charge in [0, 0.05) is 37.9 Å². The van der Waals surface area contributed by atoms with Crippen molar-refractivity contribution in [1.82, 2.24) is 8.61 Å². The number of anilines is 1. The third kappa shape index (κ3) is 4.23. The number of carbonyl (C=O) groups is 1.